The number of benzene rings is 2. The molecular weight excluding hydrogens is 452 g/mol. The van der Waals surface area contributed by atoms with Crippen LogP contribution in [0.25, 0.3) is 0 Å². The fraction of sp³-hybridized carbons (Fsp3) is 0.346. The summed E-state index contributed by atoms with van der Waals surface area (Å²) in [6.07, 6.45) is 0.607. The molecule has 0 spiro atoms. The molecule has 7 nitrogen and oxygen atoms in total. The first-order valence-corrected chi connectivity index (χ1v) is 11.8. The number of hydrogen-bond acceptors (Lipinski definition) is 5. The third-order valence-electron chi connectivity index (χ3n) is 5.93. The van der Waals surface area contributed by atoms with Gasteiger partial charge in [-0.25, -0.2) is 4.98 Å². The lowest BCUT2D eigenvalue weighted by Gasteiger charge is -2.29. The van der Waals surface area contributed by atoms with Crippen LogP contribution < -0.4 is 15.6 Å². The van der Waals surface area contributed by atoms with Crippen LogP contribution in [-0.2, 0) is 30.8 Å². The molecule has 178 valence electrons. The molecule has 0 unspecified atom stereocenters. The van der Waals surface area contributed by atoms with E-state index in [0.29, 0.717) is 40.8 Å². The Morgan fingerprint density at radius 1 is 1.21 bits per heavy atom. The summed E-state index contributed by atoms with van der Waals surface area (Å²) in [4.78, 5) is 33.5. The molecule has 2 heterocycles. The monoisotopic (exact) mass is 480 g/mol. The molecule has 1 N–H and O–H groups in total. The van der Waals surface area contributed by atoms with Crippen LogP contribution in [0, 0.1) is 0 Å². The Bertz CT molecular complexity index is 1240. The molecular formula is C26H29ClN4O3. The number of fused-ring (bicyclic) bond motifs is 1. The quantitative estimate of drug-likeness (QED) is 0.547. The van der Waals surface area contributed by atoms with Crippen LogP contribution in [-0.4, -0.2) is 34.0 Å². The minimum atomic E-state index is -0.340. The highest BCUT2D eigenvalue weighted by Crippen LogP contribution is 2.28. The van der Waals surface area contributed by atoms with E-state index in [1.807, 2.05) is 32.0 Å². The number of hydrogen-bond donors (Lipinski definition) is 1. The first-order chi connectivity index (χ1) is 16.4. The molecule has 0 saturated heterocycles. The Hall–Kier alpha value is -3.16. The van der Waals surface area contributed by atoms with Crippen molar-refractivity contribution >= 4 is 23.2 Å². The number of anilines is 1. The maximum absolute atomic E-state index is 13.4. The van der Waals surface area contributed by atoms with E-state index >= 15 is 0 Å². The zero-order valence-corrected chi connectivity index (χ0v) is 20.4. The van der Waals surface area contributed by atoms with Crippen molar-refractivity contribution in [2.24, 2.45) is 0 Å². The molecule has 0 saturated carbocycles. The molecule has 1 aliphatic rings. The molecule has 0 aliphatic carbocycles. The summed E-state index contributed by atoms with van der Waals surface area (Å²) in [7, 11) is 1.52. The highest BCUT2D eigenvalue weighted by molar-refractivity contribution is 6.31. The second-order valence-corrected chi connectivity index (χ2v) is 9.22. The zero-order valence-electron chi connectivity index (χ0n) is 19.7. The highest BCUT2D eigenvalue weighted by Gasteiger charge is 2.25. The van der Waals surface area contributed by atoms with Gasteiger partial charge in [0.15, 0.2) is 0 Å². The van der Waals surface area contributed by atoms with Gasteiger partial charge in [0, 0.05) is 36.1 Å². The average molecular weight is 481 g/mol. The Morgan fingerprint density at radius 2 is 1.97 bits per heavy atom. The van der Waals surface area contributed by atoms with E-state index in [0.717, 1.165) is 18.8 Å². The molecule has 0 radical (unpaired) electrons. The normalized spacial score (nSPS) is 13.6. The van der Waals surface area contributed by atoms with Crippen molar-refractivity contribution in [3.05, 3.63) is 86.6 Å². The highest BCUT2D eigenvalue weighted by atomic mass is 35.5. The van der Waals surface area contributed by atoms with Gasteiger partial charge >= 0.3 is 0 Å². The average Bonchev–Trinajstić information content (AvgIpc) is 2.81. The Morgan fingerprint density at radius 3 is 2.68 bits per heavy atom. The minimum Gasteiger partial charge on any atom is -0.495 e. The van der Waals surface area contributed by atoms with E-state index in [1.165, 1.54) is 17.2 Å². The summed E-state index contributed by atoms with van der Waals surface area (Å²) in [5.74, 6) is 0.749. The summed E-state index contributed by atoms with van der Waals surface area (Å²) in [5.41, 5.74) is 3.06. The number of carbonyl (C=O) groups excluding carboxylic acids is 1. The van der Waals surface area contributed by atoms with Crippen LogP contribution in [0.2, 0.25) is 5.02 Å². The molecule has 1 aromatic heterocycles. The third kappa shape index (κ3) is 5.32. The molecule has 1 amide bonds. The molecule has 2 aromatic carbocycles. The van der Waals surface area contributed by atoms with Crippen LogP contribution in [0.15, 0.2) is 53.3 Å². The van der Waals surface area contributed by atoms with Crippen molar-refractivity contribution in [2.75, 3.05) is 19.0 Å². The van der Waals surface area contributed by atoms with Crippen molar-refractivity contribution in [2.45, 2.75) is 45.8 Å². The van der Waals surface area contributed by atoms with E-state index in [1.54, 1.807) is 18.2 Å². The van der Waals surface area contributed by atoms with Crippen molar-refractivity contribution in [3.63, 3.8) is 0 Å². The number of nitrogens with zero attached hydrogens (tertiary/aromatic N) is 3. The molecule has 4 rings (SSSR count). The fourth-order valence-electron chi connectivity index (χ4n) is 4.28. The number of rotatable bonds is 7. The summed E-state index contributed by atoms with van der Waals surface area (Å²) in [6, 6.07) is 15.3. The van der Waals surface area contributed by atoms with E-state index in [9.17, 15) is 9.59 Å². The third-order valence-corrected chi connectivity index (χ3v) is 6.17. The standard InChI is InChI=1S/C26H29ClN4O3/c1-17(2)25-29-22-15-30(14-18-7-5-4-6-8-18)12-11-20(22)26(33)31(25)16-24(32)28-21-13-19(27)9-10-23(21)34-3/h4-10,13,17H,11-12,14-16H2,1-3H3,(H,28,32). The van der Waals surface area contributed by atoms with Crippen molar-refractivity contribution in [1.82, 2.24) is 14.5 Å². The largest absolute Gasteiger partial charge is 0.495 e. The van der Waals surface area contributed by atoms with Gasteiger partial charge in [-0.1, -0.05) is 55.8 Å². The number of halogens is 1. The zero-order chi connectivity index (χ0) is 24.2. The maximum atomic E-state index is 13.4. The SMILES string of the molecule is COc1ccc(Cl)cc1NC(=O)Cn1c(C(C)C)nc2c(c1=O)CCN(Cc1ccccc1)C2. The fourth-order valence-corrected chi connectivity index (χ4v) is 4.45. The van der Waals surface area contributed by atoms with E-state index < -0.39 is 0 Å². The molecule has 3 aromatic rings. The Balaban J connectivity index is 1.58. The number of amides is 1. The Labute approximate surface area is 204 Å². The molecule has 0 fully saturated rings. The number of ether oxygens (including phenoxy) is 1. The van der Waals surface area contributed by atoms with Gasteiger partial charge in [0.25, 0.3) is 5.56 Å². The van der Waals surface area contributed by atoms with Gasteiger partial charge in [0.05, 0.1) is 18.5 Å². The lowest BCUT2D eigenvalue weighted by Crippen LogP contribution is -2.40. The van der Waals surface area contributed by atoms with E-state index in [2.05, 4.69) is 22.3 Å². The van der Waals surface area contributed by atoms with Gasteiger partial charge in [-0.15, -0.1) is 0 Å². The van der Waals surface area contributed by atoms with Crippen LogP contribution in [0.3, 0.4) is 0 Å². The van der Waals surface area contributed by atoms with Gasteiger partial charge in [-0.2, -0.15) is 0 Å². The molecule has 34 heavy (non-hydrogen) atoms. The first kappa shape index (κ1) is 24.0. The topological polar surface area (TPSA) is 76.5 Å². The predicted octanol–water partition coefficient (Wildman–Crippen LogP) is 4.23. The van der Waals surface area contributed by atoms with E-state index in [4.69, 9.17) is 21.3 Å². The van der Waals surface area contributed by atoms with Crippen LogP contribution in [0.5, 0.6) is 5.75 Å². The van der Waals surface area contributed by atoms with Gasteiger partial charge in [0.2, 0.25) is 5.91 Å². The maximum Gasteiger partial charge on any atom is 0.257 e. The van der Waals surface area contributed by atoms with Gasteiger partial charge < -0.3 is 10.1 Å². The van der Waals surface area contributed by atoms with Gasteiger partial charge in [-0.3, -0.25) is 19.1 Å². The summed E-state index contributed by atoms with van der Waals surface area (Å²) in [5, 5.41) is 3.29. The van der Waals surface area contributed by atoms with Crippen LogP contribution in [0.1, 0.15) is 42.4 Å². The lowest BCUT2D eigenvalue weighted by molar-refractivity contribution is -0.116. The molecule has 8 heteroatoms. The smallest absolute Gasteiger partial charge is 0.257 e. The van der Waals surface area contributed by atoms with Crippen LogP contribution >= 0.6 is 11.6 Å². The number of aromatic nitrogens is 2. The first-order valence-electron chi connectivity index (χ1n) is 11.4. The van der Waals surface area contributed by atoms with Crippen LogP contribution in [0.4, 0.5) is 5.69 Å². The van der Waals surface area contributed by atoms with E-state index in [-0.39, 0.29) is 23.9 Å². The summed E-state index contributed by atoms with van der Waals surface area (Å²) >= 11 is 6.08. The predicted molar refractivity (Wildman–Crippen MR) is 133 cm³/mol. The Kier molecular flexibility index (Phi) is 7.34. The number of carbonyl (C=O) groups is 1. The number of methoxy groups -OCH3 is 1. The summed E-state index contributed by atoms with van der Waals surface area (Å²) < 4.78 is 6.81. The van der Waals surface area contributed by atoms with Crippen molar-refractivity contribution in [1.29, 1.82) is 0 Å². The molecule has 0 atom stereocenters. The number of nitrogens with one attached hydrogen (secondary N) is 1. The second-order valence-electron chi connectivity index (χ2n) is 8.78. The van der Waals surface area contributed by atoms with Gasteiger partial charge in [-0.05, 0) is 30.2 Å². The minimum absolute atomic E-state index is 0.0176. The molecule has 0 bridgehead atoms. The summed E-state index contributed by atoms with van der Waals surface area (Å²) in [6.45, 7) is 6.03. The van der Waals surface area contributed by atoms with Crippen molar-refractivity contribution in [3.8, 4) is 5.75 Å². The molecule has 1 aliphatic heterocycles. The van der Waals surface area contributed by atoms with Crippen molar-refractivity contribution < 1.29 is 9.53 Å². The second kappa shape index (κ2) is 10.4. The van der Waals surface area contributed by atoms with Gasteiger partial charge in [0.1, 0.15) is 18.1 Å². The lowest BCUT2D eigenvalue weighted by atomic mass is 10.0.